The van der Waals surface area contributed by atoms with E-state index in [1.807, 2.05) is 0 Å². The molecule has 2 aliphatic heterocycles. The van der Waals surface area contributed by atoms with Crippen molar-refractivity contribution in [1.29, 1.82) is 0 Å². The van der Waals surface area contributed by atoms with Crippen LogP contribution < -0.4 is 19.6 Å². The molecule has 2 saturated heterocycles. The Labute approximate surface area is 326 Å². The van der Waals surface area contributed by atoms with E-state index in [0.29, 0.717) is 47.8 Å². The Morgan fingerprint density at radius 3 is 0.667 bits per heavy atom. The van der Waals surface area contributed by atoms with Gasteiger partial charge >= 0.3 is 0 Å². The van der Waals surface area contributed by atoms with E-state index in [-0.39, 0.29) is 0 Å². The van der Waals surface area contributed by atoms with Crippen LogP contribution in [0.15, 0.2) is 109 Å². The van der Waals surface area contributed by atoms with Crippen LogP contribution in [0.25, 0.3) is 0 Å². The van der Waals surface area contributed by atoms with Gasteiger partial charge in [0.15, 0.2) is 11.6 Å². The molecule has 2 aliphatic carbocycles. The summed E-state index contributed by atoms with van der Waals surface area (Å²) in [4.78, 5) is 11.2. The summed E-state index contributed by atoms with van der Waals surface area (Å²) >= 11 is 0. The summed E-state index contributed by atoms with van der Waals surface area (Å²) in [7, 11) is 0. The lowest BCUT2D eigenvalue weighted by atomic mass is 9.89. The molecule has 8 rings (SSSR count). The number of nitrogens with zero attached hydrogens (tertiary/aromatic N) is 4. The van der Waals surface area contributed by atoms with Gasteiger partial charge in [-0.15, -0.1) is 0 Å². The molecule has 4 atom stereocenters. The lowest BCUT2D eigenvalue weighted by Gasteiger charge is -2.36. The number of anilines is 4. The topological polar surface area (TPSA) is 13.0 Å². The molecule has 4 aliphatic rings. The highest BCUT2D eigenvalue weighted by Crippen LogP contribution is 2.52. The first kappa shape index (κ1) is 36.8. The van der Waals surface area contributed by atoms with Crippen molar-refractivity contribution >= 4 is 22.7 Å². The molecule has 4 heteroatoms. The first-order valence-corrected chi connectivity index (χ1v) is 21.4. The van der Waals surface area contributed by atoms with Crippen LogP contribution in [0.4, 0.5) is 22.7 Å². The van der Waals surface area contributed by atoms with Crippen molar-refractivity contribution in [2.24, 2.45) is 0 Å². The number of fused-ring (bicyclic) bond motifs is 2. The average molecular weight is 721 g/mol. The molecule has 0 amide bonds. The zero-order chi connectivity index (χ0) is 37.7. The van der Waals surface area contributed by atoms with Crippen molar-refractivity contribution in [3.8, 4) is 0 Å². The van der Waals surface area contributed by atoms with Gasteiger partial charge < -0.3 is 19.6 Å². The quantitative estimate of drug-likeness (QED) is 0.180. The second kappa shape index (κ2) is 15.2. The predicted molar refractivity (Wildman–Crippen MR) is 231 cm³/mol. The van der Waals surface area contributed by atoms with Gasteiger partial charge in [0.05, 0.1) is 24.2 Å². The molecule has 0 aromatic heterocycles. The van der Waals surface area contributed by atoms with Gasteiger partial charge in [-0.3, -0.25) is 0 Å². The zero-order valence-corrected chi connectivity index (χ0v) is 34.3. The highest BCUT2D eigenvalue weighted by molar-refractivity contribution is 5.76. The fraction of sp³-hybridized carbons (Fsp3) is 0.480. The molecule has 4 aromatic rings. The minimum atomic E-state index is 0.397. The van der Waals surface area contributed by atoms with E-state index in [1.54, 1.807) is 0 Å². The van der Waals surface area contributed by atoms with Gasteiger partial charge in [0.2, 0.25) is 0 Å². The molecule has 0 bridgehead atoms. The average Bonchev–Trinajstić information content (AvgIpc) is 3.71. The lowest BCUT2D eigenvalue weighted by molar-refractivity contribution is 0.409. The second-order valence-corrected chi connectivity index (χ2v) is 18.0. The van der Waals surface area contributed by atoms with E-state index in [0.717, 1.165) is 0 Å². The maximum absolute atomic E-state index is 2.81. The van der Waals surface area contributed by atoms with Gasteiger partial charge in [-0.25, -0.2) is 0 Å². The summed E-state index contributed by atoms with van der Waals surface area (Å²) in [6, 6.07) is 40.1. The minimum Gasteiger partial charge on any atom is -0.320 e. The van der Waals surface area contributed by atoms with Crippen LogP contribution in [0.5, 0.6) is 0 Å². The Balaban J connectivity index is 1.43. The fourth-order valence-corrected chi connectivity index (χ4v) is 10.0. The Kier molecular flexibility index (Phi) is 10.3. The molecule has 0 radical (unpaired) electrons. The number of rotatable bonds is 8. The third-order valence-corrected chi connectivity index (χ3v) is 13.2. The molecule has 2 saturated carbocycles. The highest BCUT2D eigenvalue weighted by atomic mass is 15.5. The van der Waals surface area contributed by atoms with Gasteiger partial charge in [0.25, 0.3) is 0 Å². The molecule has 4 aromatic carbocycles. The molecule has 0 N–H and O–H groups in total. The maximum atomic E-state index is 2.81. The molecule has 0 spiro atoms. The summed E-state index contributed by atoms with van der Waals surface area (Å²) < 4.78 is 0. The Hall–Kier alpha value is -4.18. The van der Waals surface area contributed by atoms with Gasteiger partial charge in [0.1, 0.15) is 0 Å². The third kappa shape index (κ3) is 6.62. The molecule has 4 unspecified atom stereocenters. The van der Waals surface area contributed by atoms with Gasteiger partial charge in [-0.1, -0.05) is 130 Å². The second-order valence-electron chi connectivity index (χ2n) is 18.0. The van der Waals surface area contributed by atoms with Crippen LogP contribution >= 0.6 is 0 Å². The van der Waals surface area contributed by atoms with Crippen molar-refractivity contribution in [2.45, 2.75) is 155 Å². The van der Waals surface area contributed by atoms with Crippen LogP contribution in [0, 0.1) is 0 Å². The smallest absolute Gasteiger partial charge is 0.156 e. The van der Waals surface area contributed by atoms with Crippen molar-refractivity contribution < 1.29 is 0 Å². The Morgan fingerprint density at radius 1 is 0.315 bits per heavy atom. The van der Waals surface area contributed by atoms with E-state index in [9.17, 15) is 0 Å². The maximum Gasteiger partial charge on any atom is 0.156 e. The Morgan fingerprint density at radius 2 is 0.500 bits per heavy atom. The van der Waals surface area contributed by atoms with Gasteiger partial charge in [0, 0.05) is 22.7 Å². The van der Waals surface area contributed by atoms with Crippen LogP contribution in [0.1, 0.15) is 153 Å². The SMILES string of the molecule is CC(C)c1ccc(N2C(=C3N(c4ccc(C(C)C)cc4)C4CCCCC4N3c3ccc(C(C)C)cc3)N(c3ccc(C(C)C)cc3)C3CCCCC32)cc1. The summed E-state index contributed by atoms with van der Waals surface area (Å²) in [5, 5.41) is 0. The van der Waals surface area contributed by atoms with Crippen LogP contribution in [0.3, 0.4) is 0 Å². The normalized spacial score (nSPS) is 23.0. The first-order chi connectivity index (χ1) is 26.1. The molecule has 4 nitrogen and oxygen atoms in total. The molecule has 284 valence electrons. The van der Waals surface area contributed by atoms with Crippen molar-refractivity contribution in [3.63, 3.8) is 0 Å². The molecule has 2 heterocycles. The fourth-order valence-electron chi connectivity index (χ4n) is 10.0. The minimum absolute atomic E-state index is 0.397. The van der Waals surface area contributed by atoms with Crippen molar-refractivity contribution in [1.82, 2.24) is 0 Å². The van der Waals surface area contributed by atoms with Crippen LogP contribution in [-0.2, 0) is 0 Å². The Bertz CT molecular complexity index is 1620. The van der Waals surface area contributed by atoms with E-state index < -0.39 is 0 Å². The standard InChI is InChI=1S/C50H64N4/c1-33(2)37-17-25-41(26-18-37)51-45-13-9-10-14-46(45)52(42-27-19-38(20-28-42)34(3)4)49(51)50-53(43-29-21-39(22-30-43)35(5)6)47-15-11-12-16-48(47)54(50)44-31-23-40(24-32-44)36(7)8/h17-36,45-48H,9-16H2,1-8H3. The van der Waals surface area contributed by atoms with Gasteiger partial charge in [-0.05, 0) is 120 Å². The largest absolute Gasteiger partial charge is 0.320 e. The predicted octanol–water partition coefficient (Wildman–Crippen LogP) is 13.3. The van der Waals surface area contributed by atoms with Gasteiger partial charge in [-0.2, -0.15) is 0 Å². The molecular formula is C50H64N4. The number of hydrogen-bond donors (Lipinski definition) is 0. The number of benzene rings is 4. The zero-order valence-electron chi connectivity index (χ0n) is 34.3. The summed E-state index contributed by atoms with van der Waals surface area (Å²) in [5.41, 5.74) is 10.9. The van der Waals surface area contributed by atoms with Crippen LogP contribution in [-0.4, -0.2) is 24.2 Å². The first-order valence-electron chi connectivity index (χ1n) is 21.4. The summed E-state index contributed by atoms with van der Waals surface area (Å²) in [5.74, 6) is 4.72. The summed E-state index contributed by atoms with van der Waals surface area (Å²) in [6.07, 6.45) is 9.90. The van der Waals surface area contributed by atoms with E-state index in [1.165, 1.54) is 108 Å². The molecule has 54 heavy (non-hydrogen) atoms. The monoisotopic (exact) mass is 721 g/mol. The number of hydrogen-bond acceptors (Lipinski definition) is 4. The molecule has 4 fully saturated rings. The van der Waals surface area contributed by atoms with E-state index in [2.05, 4.69) is 172 Å². The van der Waals surface area contributed by atoms with Crippen LogP contribution in [0.2, 0.25) is 0 Å². The van der Waals surface area contributed by atoms with Crippen molar-refractivity contribution in [3.05, 3.63) is 131 Å². The lowest BCUT2D eigenvalue weighted by Crippen LogP contribution is -2.40. The van der Waals surface area contributed by atoms with E-state index in [4.69, 9.17) is 0 Å². The van der Waals surface area contributed by atoms with Crippen molar-refractivity contribution in [2.75, 3.05) is 19.6 Å². The third-order valence-electron chi connectivity index (χ3n) is 13.2. The summed E-state index contributed by atoms with van der Waals surface area (Å²) in [6.45, 7) is 18.5. The molecular weight excluding hydrogens is 657 g/mol. The van der Waals surface area contributed by atoms with E-state index >= 15 is 0 Å². The highest BCUT2D eigenvalue weighted by Gasteiger charge is 2.53.